The molecular formula is C10H22N2O2. The minimum atomic E-state index is -0.439. The van der Waals surface area contributed by atoms with Crippen LogP contribution in [0.3, 0.4) is 0 Å². The predicted octanol–water partition coefficient (Wildman–Crippen LogP) is 1.64. The minimum absolute atomic E-state index is 0.192. The van der Waals surface area contributed by atoms with Crippen LogP contribution in [0.4, 0.5) is 4.79 Å². The highest BCUT2D eigenvalue weighted by atomic mass is 16.5. The fourth-order valence-electron chi connectivity index (χ4n) is 1.26. The molecule has 1 atom stereocenters. The highest BCUT2D eigenvalue weighted by Crippen LogP contribution is 2.01. The van der Waals surface area contributed by atoms with Gasteiger partial charge >= 0.3 is 6.03 Å². The van der Waals surface area contributed by atoms with Crippen LogP contribution in [0.25, 0.3) is 0 Å². The Morgan fingerprint density at radius 1 is 1.43 bits per heavy atom. The molecule has 3 N–H and O–H groups in total. The fourth-order valence-corrected chi connectivity index (χ4v) is 1.26. The van der Waals surface area contributed by atoms with E-state index in [2.05, 4.69) is 12.2 Å². The molecular weight excluding hydrogens is 180 g/mol. The van der Waals surface area contributed by atoms with Gasteiger partial charge in [0.25, 0.3) is 0 Å². The van der Waals surface area contributed by atoms with E-state index in [0.29, 0.717) is 0 Å². The standard InChI is InChI=1S/C10H22N2O2/c1-3-7-14-8-5-6-9(4-2)12-10(11)13/h9H,3-8H2,1-2H3,(H3,11,12,13). The molecule has 0 spiro atoms. The molecule has 0 aromatic carbocycles. The van der Waals surface area contributed by atoms with Crippen molar-refractivity contribution >= 4 is 6.03 Å². The van der Waals surface area contributed by atoms with Crippen molar-refractivity contribution in [3.05, 3.63) is 0 Å². The van der Waals surface area contributed by atoms with E-state index in [1.54, 1.807) is 0 Å². The third-order valence-corrected chi connectivity index (χ3v) is 2.03. The van der Waals surface area contributed by atoms with E-state index in [-0.39, 0.29) is 6.04 Å². The first-order chi connectivity index (χ1) is 6.70. The van der Waals surface area contributed by atoms with Crippen LogP contribution in [0.1, 0.15) is 39.5 Å². The number of primary amides is 1. The van der Waals surface area contributed by atoms with E-state index in [1.165, 1.54) is 0 Å². The van der Waals surface area contributed by atoms with Gasteiger partial charge in [0, 0.05) is 19.3 Å². The zero-order chi connectivity index (χ0) is 10.8. The van der Waals surface area contributed by atoms with Gasteiger partial charge in [-0.3, -0.25) is 0 Å². The second-order valence-electron chi connectivity index (χ2n) is 3.37. The molecule has 0 saturated carbocycles. The first-order valence-electron chi connectivity index (χ1n) is 5.34. The second kappa shape index (κ2) is 8.81. The normalized spacial score (nSPS) is 12.4. The number of nitrogens with one attached hydrogen (secondary N) is 1. The van der Waals surface area contributed by atoms with Crippen LogP contribution >= 0.6 is 0 Å². The van der Waals surface area contributed by atoms with Gasteiger partial charge in [0.1, 0.15) is 0 Å². The number of carbonyl (C=O) groups excluding carboxylic acids is 1. The van der Waals surface area contributed by atoms with E-state index < -0.39 is 6.03 Å². The molecule has 0 aromatic heterocycles. The number of carbonyl (C=O) groups is 1. The number of urea groups is 1. The molecule has 0 bridgehead atoms. The van der Waals surface area contributed by atoms with Crippen molar-refractivity contribution in [2.45, 2.75) is 45.6 Å². The Bertz CT molecular complexity index is 151. The number of rotatable bonds is 8. The van der Waals surface area contributed by atoms with E-state index in [1.807, 2.05) is 6.92 Å². The first kappa shape index (κ1) is 13.2. The van der Waals surface area contributed by atoms with Crippen LogP contribution in [0.2, 0.25) is 0 Å². The van der Waals surface area contributed by atoms with Gasteiger partial charge in [-0.15, -0.1) is 0 Å². The van der Waals surface area contributed by atoms with Gasteiger partial charge in [0.2, 0.25) is 0 Å². The summed E-state index contributed by atoms with van der Waals surface area (Å²) in [5.74, 6) is 0. The largest absolute Gasteiger partial charge is 0.381 e. The number of hydrogen-bond donors (Lipinski definition) is 2. The molecule has 0 heterocycles. The summed E-state index contributed by atoms with van der Waals surface area (Å²) < 4.78 is 5.34. The quantitative estimate of drug-likeness (QED) is 0.588. The monoisotopic (exact) mass is 202 g/mol. The van der Waals surface area contributed by atoms with E-state index in [9.17, 15) is 4.79 Å². The molecule has 0 radical (unpaired) electrons. The molecule has 4 heteroatoms. The summed E-state index contributed by atoms with van der Waals surface area (Å²) in [6.07, 6.45) is 3.87. The third-order valence-electron chi connectivity index (χ3n) is 2.03. The molecule has 4 nitrogen and oxygen atoms in total. The smallest absolute Gasteiger partial charge is 0.312 e. The Morgan fingerprint density at radius 2 is 2.14 bits per heavy atom. The van der Waals surface area contributed by atoms with Crippen LogP contribution in [-0.2, 0) is 4.74 Å². The van der Waals surface area contributed by atoms with Gasteiger partial charge in [-0.25, -0.2) is 4.79 Å². The Labute approximate surface area is 86.2 Å². The average Bonchev–Trinajstić information content (AvgIpc) is 2.15. The fraction of sp³-hybridized carbons (Fsp3) is 0.900. The van der Waals surface area contributed by atoms with E-state index in [4.69, 9.17) is 10.5 Å². The molecule has 0 aliphatic rings. The Morgan fingerprint density at radius 3 is 2.64 bits per heavy atom. The van der Waals surface area contributed by atoms with Crippen LogP contribution in [0.5, 0.6) is 0 Å². The topological polar surface area (TPSA) is 64.3 Å². The second-order valence-corrected chi connectivity index (χ2v) is 3.37. The lowest BCUT2D eigenvalue weighted by molar-refractivity contribution is 0.128. The molecule has 0 saturated heterocycles. The highest BCUT2D eigenvalue weighted by molar-refractivity contribution is 5.71. The number of amides is 2. The Balaban J connectivity index is 3.38. The molecule has 0 fully saturated rings. The van der Waals surface area contributed by atoms with Crippen LogP contribution in [-0.4, -0.2) is 25.3 Å². The minimum Gasteiger partial charge on any atom is -0.381 e. The summed E-state index contributed by atoms with van der Waals surface area (Å²) in [4.78, 5) is 10.6. The summed E-state index contributed by atoms with van der Waals surface area (Å²) >= 11 is 0. The third kappa shape index (κ3) is 7.86. The van der Waals surface area contributed by atoms with E-state index in [0.717, 1.165) is 38.9 Å². The molecule has 0 aliphatic carbocycles. The first-order valence-corrected chi connectivity index (χ1v) is 5.34. The van der Waals surface area contributed by atoms with Crippen molar-refractivity contribution in [1.82, 2.24) is 5.32 Å². The van der Waals surface area contributed by atoms with Crippen molar-refractivity contribution in [2.75, 3.05) is 13.2 Å². The zero-order valence-electron chi connectivity index (χ0n) is 9.21. The summed E-state index contributed by atoms with van der Waals surface area (Å²) in [5.41, 5.74) is 5.04. The molecule has 0 rings (SSSR count). The van der Waals surface area contributed by atoms with E-state index >= 15 is 0 Å². The van der Waals surface area contributed by atoms with Crippen molar-refractivity contribution in [1.29, 1.82) is 0 Å². The van der Waals surface area contributed by atoms with Gasteiger partial charge in [0.15, 0.2) is 0 Å². The maximum atomic E-state index is 10.6. The van der Waals surface area contributed by atoms with Gasteiger partial charge in [-0.1, -0.05) is 13.8 Å². The summed E-state index contributed by atoms with van der Waals surface area (Å²) in [6, 6.07) is -0.246. The zero-order valence-corrected chi connectivity index (χ0v) is 9.21. The summed E-state index contributed by atoms with van der Waals surface area (Å²) in [7, 11) is 0. The Kier molecular flexibility index (Phi) is 8.33. The summed E-state index contributed by atoms with van der Waals surface area (Å²) in [6.45, 7) is 5.71. The maximum Gasteiger partial charge on any atom is 0.312 e. The van der Waals surface area contributed by atoms with Crippen LogP contribution in [0, 0.1) is 0 Å². The molecule has 2 amide bonds. The summed E-state index contributed by atoms with van der Waals surface area (Å²) in [5, 5.41) is 2.70. The number of ether oxygens (including phenoxy) is 1. The average molecular weight is 202 g/mol. The molecule has 84 valence electrons. The predicted molar refractivity (Wildman–Crippen MR) is 57.1 cm³/mol. The lowest BCUT2D eigenvalue weighted by atomic mass is 10.1. The maximum absolute atomic E-state index is 10.6. The van der Waals surface area contributed by atoms with Gasteiger partial charge in [-0.05, 0) is 25.7 Å². The lowest BCUT2D eigenvalue weighted by Gasteiger charge is -2.14. The van der Waals surface area contributed by atoms with Gasteiger partial charge < -0.3 is 15.8 Å². The van der Waals surface area contributed by atoms with Crippen LogP contribution < -0.4 is 11.1 Å². The Hall–Kier alpha value is -0.770. The van der Waals surface area contributed by atoms with Crippen molar-refractivity contribution in [3.8, 4) is 0 Å². The van der Waals surface area contributed by atoms with Gasteiger partial charge in [0.05, 0.1) is 0 Å². The lowest BCUT2D eigenvalue weighted by Crippen LogP contribution is -2.38. The van der Waals surface area contributed by atoms with Crippen molar-refractivity contribution in [3.63, 3.8) is 0 Å². The highest BCUT2D eigenvalue weighted by Gasteiger charge is 2.06. The molecule has 14 heavy (non-hydrogen) atoms. The van der Waals surface area contributed by atoms with Crippen molar-refractivity contribution < 1.29 is 9.53 Å². The molecule has 0 aliphatic heterocycles. The van der Waals surface area contributed by atoms with Gasteiger partial charge in [-0.2, -0.15) is 0 Å². The number of hydrogen-bond acceptors (Lipinski definition) is 2. The number of nitrogens with two attached hydrogens (primary N) is 1. The SMILES string of the molecule is CCCOCCCC(CC)NC(N)=O. The molecule has 0 aromatic rings. The van der Waals surface area contributed by atoms with Crippen molar-refractivity contribution in [2.24, 2.45) is 5.73 Å². The molecule has 1 unspecified atom stereocenters. The van der Waals surface area contributed by atoms with Crippen LogP contribution in [0.15, 0.2) is 0 Å².